The van der Waals surface area contributed by atoms with Gasteiger partial charge in [-0.1, -0.05) is 36.2 Å². The van der Waals surface area contributed by atoms with Gasteiger partial charge in [-0.2, -0.15) is 0 Å². The molecule has 1 aliphatic rings. The average Bonchev–Trinajstić information content (AvgIpc) is 2.44. The fourth-order valence-electron chi connectivity index (χ4n) is 2.04. The van der Waals surface area contributed by atoms with Gasteiger partial charge in [0.1, 0.15) is 5.78 Å². The topological polar surface area (TPSA) is 17.1 Å². The monoisotopic (exact) mass is 202 g/mol. The van der Waals surface area contributed by atoms with E-state index >= 15 is 0 Å². The zero-order valence-electron chi connectivity index (χ0n) is 10.0. The molecule has 1 nitrogen and oxygen atoms in total. The molecule has 2 heteroatoms. The molecule has 0 aromatic heterocycles. The van der Waals surface area contributed by atoms with Crippen LogP contribution in [-0.2, 0) is 4.79 Å². The molecule has 1 saturated heterocycles. The second kappa shape index (κ2) is 4.65. The first-order valence-corrected chi connectivity index (χ1v) is 5.45. The van der Waals surface area contributed by atoms with Crippen LogP contribution in [0.1, 0.15) is 20.8 Å². The molecule has 15 heavy (non-hydrogen) atoms. The van der Waals surface area contributed by atoms with Crippen LogP contribution >= 0.6 is 0 Å². The Bertz CT molecular complexity index is 334. The van der Waals surface area contributed by atoms with Gasteiger partial charge in [-0.05, 0) is 39.0 Å². The fraction of sp³-hybridized carbons (Fsp3) is 0.462. The van der Waals surface area contributed by atoms with E-state index in [1.165, 1.54) is 11.1 Å². The lowest BCUT2D eigenvalue weighted by Crippen LogP contribution is -2.08. The van der Waals surface area contributed by atoms with Gasteiger partial charge in [0.2, 0.25) is 0 Å². The number of ketones is 1. The lowest BCUT2D eigenvalue weighted by molar-refractivity contribution is -0.113. The fourth-order valence-corrected chi connectivity index (χ4v) is 2.04. The molecular weight excluding hydrogens is 183 g/mol. The van der Waals surface area contributed by atoms with Crippen LogP contribution in [0.15, 0.2) is 35.5 Å². The maximum absolute atomic E-state index is 11.3. The van der Waals surface area contributed by atoms with Crippen LogP contribution in [0.4, 0.5) is 0 Å². The lowest BCUT2D eigenvalue weighted by Gasteiger charge is -2.09. The summed E-state index contributed by atoms with van der Waals surface area (Å²) in [4.78, 5) is 11.3. The quantitative estimate of drug-likeness (QED) is 0.388. The first-order valence-electron chi connectivity index (χ1n) is 5.45. The molecular formula is C13H19BO. The molecule has 80 valence electrons. The van der Waals surface area contributed by atoms with Gasteiger partial charge in [0.25, 0.3) is 0 Å². The second-order valence-corrected chi connectivity index (χ2v) is 4.69. The Morgan fingerprint density at radius 1 is 1.33 bits per heavy atom. The normalized spacial score (nSPS) is 18.2. The Labute approximate surface area is 93.0 Å². The summed E-state index contributed by atoms with van der Waals surface area (Å²) in [5.41, 5.74) is 4.56. The van der Waals surface area contributed by atoms with Gasteiger partial charge in [0.05, 0.1) is 0 Å². The molecule has 0 aliphatic carbocycles. The number of hydrogen-bond acceptors (Lipinski definition) is 1. The Kier molecular flexibility index (Phi) is 3.73. The van der Waals surface area contributed by atoms with Crippen molar-refractivity contribution in [2.75, 3.05) is 0 Å². The third-order valence-electron chi connectivity index (χ3n) is 3.28. The summed E-state index contributed by atoms with van der Waals surface area (Å²) in [6.07, 6.45) is 2.56. The number of rotatable bonds is 3. The Hall–Kier alpha value is -1.05. The van der Waals surface area contributed by atoms with Crippen molar-refractivity contribution in [2.24, 2.45) is 0 Å². The first-order chi connectivity index (χ1) is 6.91. The van der Waals surface area contributed by atoms with Gasteiger partial charge in [0, 0.05) is 0 Å². The average molecular weight is 202 g/mol. The molecule has 0 unspecified atom stereocenters. The number of Topliss-reactive ketones (excluding diaryl/α,β-unsaturated/α-hetero) is 1. The molecule has 0 N–H and O–H groups in total. The molecule has 1 fully saturated rings. The molecule has 0 aromatic rings. The van der Waals surface area contributed by atoms with Crippen LogP contribution in [0, 0.1) is 0 Å². The Balaban J connectivity index is 2.65. The number of hydrogen-bond donors (Lipinski definition) is 0. The van der Waals surface area contributed by atoms with Crippen molar-refractivity contribution in [3.63, 3.8) is 0 Å². The minimum atomic E-state index is 0.251. The zero-order chi connectivity index (χ0) is 11.6. The molecule has 0 bridgehead atoms. The molecule has 0 amide bonds. The summed E-state index contributed by atoms with van der Waals surface area (Å²) in [5.74, 6) is 0.251. The summed E-state index contributed by atoms with van der Waals surface area (Å²) >= 11 is 0. The van der Waals surface area contributed by atoms with E-state index in [9.17, 15) is 4.79 Å². The summed E-state index contributed by atoms with van der Waals surface area (Å²) in [6, 6.07) is 0. The molecule has 0 radical (unpaired) electrons. The van der Waals surface area contributed by atoms with Gasteiger partial charge in [-0.15, -0.1) is 0 Å². The van der Waals surface area contributed by atoms with Crippen molar-refractivity contribution in [2.45, 2.75) is 39.7 Å². The van der Waals surface area contributed by atoms with Gasteiger partial charge in [-0.3, -0.25) is 4.79 Å². The summed E-state index contributed by atoms with van der Waals surface area (Å²) in [6.45, 7) is 14.5. The third kappa shape index (κ3) is 2.95. The molecule has 1 aliphatic heterocycles. The van der Waals surface area contributed by atoms with Crippen molar-refractivity contribution in [1.29, 1.82) is 0 Å². The highest BCUT2D eigenvalue weighted by Gasteiger charge is 2.28. The minimum absolute atomic E-state index is 0.251. The van der Waals surface area contributed by atoms with Crippen LogP contribution in [0.5, 0.6) is 0 Å². The van der Waals surface area contributed by atoms with Gasteiger partial charge >= 0.3 is 0 Å². The van der Waals surface area contributed by atoms with Crippen molar-refractivity contribution < 1.29 is 4.79 Å². The van der Waals surface area contributed by atoms with Crippen LogP contribution < -0.4 is 0 Å². The highest BCUT2D eigenvalue weighted by molar-refractivity contribution is 6.68. The van der Waals surface area contributed by atoms with E-state index in [2.05, 4.69) is 27.0 Å². The molecule has 1 rings (SSSR count). The predicted molar refractivity (Wildman–Crippen MR) is 67.5 cm³/mol. The van der Waals surface area contributed by atoms with E-state index in [0.717, 1.165) is 23.8 Å². The standard InChI is InChI=1S/C13H19BO/c1-9(2)12(5)10(3)6-14-7-11(4)13(15)8-14/h1,4,6-8H2,2-3,5H3/b12-10-. The molecule has 0 spiro atoms. The van der Waals surface area contributed by atoms with Crippen molar-refractivity contribution >= 4 is 12.5 Å². The Morgan fingerprint density at radius 2 is 1.93 bits per heavy atom. The van der Waals surface area contributed by atoms with Crippen molar-refractivity contribution in [3.8, 4) is 0 Å². The largest absolute Gasteiger partial charge is 0.295 e. The van der Waals surface area contributed by atoms with Crippen LogP contribution in [0.25, 0.3) is 0 Å². The van der Waals surface area contributed by atoms with E-state index in [1.54, 1.807) is 0 Å². The summed E-state index contributed by atoms with van der Waals surface area (Å²) in [5, 5.41) is 0. The molecule has 1 heterocycles. The molecule has 0 atom stereocenters. The second-order valence-electron chi connectivity index (χ2n) is 4.69. The Morgan fingerprint density at radius 3 is 2.33 bits per heavy atom. The maximum Gasteiger partial charge on any atom is 0.157 e. The smallest absolute Gasteiger partial charge is 0.157 e. The highest BCUT2D eigenvalue weighted by atomic mass is 16.1. The van der Waals surface area contributed by atoms with E-state index in [4.69, 9.17) is 0 Å². The predicted octanol–water partition coefficient (Wildman–Crippen LogP) is 3.53. The third-order valence-corrected chi connectivity index (χ3v) is 3.28. The van der Waals surface area contributed by atoms with E-state index in [0.29, 0.717) is 13.0 Å². The van der Waals surface area contributed by atoms with Crippen LogP contribution in [0.3, 0.4) is 0 Å². The highest BCUT2D eigenvalue weighted by Crippen LogP contribution is 2.27. The summed E-state index contributed by atoms with van der Waals surface area (Å²) < 4.78 is 0. The number of carbonyl (C=O) groups is 1. The van der Waals surface area contributed by atoms with E-state index in [1.807, 2.05) is 6.92 Å². The van der Waals surface area contributed by atoms with Crippen molar-refractivity contribution in [3.05, 3.63) is 35.5 Å². The summed E-state index contributed by atoms with van der Waals surface area (Å²) in [7, 11) is 0. The minimum Gasteiger partial charge on any atom is -0.295 e. The van der Waals surface area contributed by atoms with Gasteiger partial charge < -0.3 is 0 Å². The maximum atomic E-state index is 11.3. The number of allylic oxidation sites excluding steroid dienone is 4. The number of carbonyl (C=O) groups excluding carboxylic acids is 1. The molecule has 0 saturated carbocycles. The van der Waals surface area contributed by atoms with E-state index in [-0.39, 0.29) is 5.78 Å². The van der Waals surface area contributed by atoms with E-state index < -0.39 is 0 Å². The van der Waals surface area contributed by atoms with Crippen LogP contribution in [0.2, 0.25) is 19.0 Å². The zero-order valence-corrected chi connectivity index (χ0v) is 10.0. The lowest BCUT2D eigenvalue weighted by atomic mass is 9.44. The van der Waals surface area contributed by atoms with Gasteiger partial charge in [-0.25, -0.2) is 0 Å². The first kappa shape index (κ1) is 12.0. The SMILES string of the molecule is C=C1CB(C/C(C)=C(/C)C(=C)C)CC1=O. The van der Waals surface area contributed by atoms with Crippen LogP contribution in [-0.4, -0.2) is 12.5 Å². The molecule has 0 aromatic carbocycles. The van der Waals surface area contributed by atoms with Crippen molar-refractivity contribution in [1.82, 2.24) is 0 Å². The van der Waals surface area contributed by atoms with Gasteiger partial charge in [0.15, 0.2) is 6.71 Å².